The summed E-state index contributed by atoms with van der Waals surface area (Å²) in [7, 11) is 2.64. The second kappa shape index (κ2) is 12.2. The van der Waals surface area contributed by atoms with Crippen molar-refractivity contribution in [3.63, 3.8) is 0 Å². The Hall–Kier alpha value is -4.01. The molecule has 0 bridgehead atoms. The number of carbonyl (C=O) groups excluding carboxylic acids is 1. The topological polar surface area (TPSA) is 143 Å². The summed E-state index contributed by atoms with van der Waals surface area (Å²) in [6.07, 6.45) is 4.49. The third kappa shape index (κ3) is 7.01. The molecule has 1 fully saturated rings. The van der Waals surface area contributed by atoms with Gasteiger partial charge in [-0.05, 0) is 57.3 Å². The van der Waals surface area contributed by atoms with Crippen molar-refractivity contribution >= 4 is 54.1 Å². The number of anilines is 2. The fourth-order valence-corrected chi connectivity index (χ4v) is 6.34. The number of thiazole rings is 1. The largest absolute Gasteiger partial charge is 0.387 e. The van der Waals surface area contributed by atoms with Gasteiger partial charge >= 0.3 is 0 Å². The van der Waals surface area contributed by atoms with Gasteiger partial charge in [0.25, 0.3) is 5.91 Å². The number of carbonyl (C=O) groups is 1. The number of pyridine rings is 1. The van der Waals surface area contributed by atoms with E-state index in [4.69, 9.17) is 9.82 Å². The molecule has 0 atom stereocenters. The normalized spacial score (nSPS) is 13.9. The lowest BCUT2D eigenvalue weighted by Gasteiger charge is -2.20. The summed E-state index contributed by atoms with van der Waals surface area (Å²) in [5.41, 5.74) is 0.989. The van der Waals surface area contributed by atoms with Gasteiger partial charge in [0.2, 0.25) is 0 Å². The van der Waals surface area contributed by atoms with Crippen molar-refractivity contribution in [1.29, 1.82) is 0 Å². The van der Waals surface area contributed by atoms with Crippen molar-refractivity contribution in [2.45, 2.75) is 29.6 Å². The molecule has 4 aromatic rings. The highest BCUT2D eigenvalue weighted by Crippen LogP contribution is 2.33. The highest BCUT2D eigenvalue weighted by Gasteiger charge is 2.36. The minimum atomic E-state index is -3.37. The van der Waals surface area contributed by atoms with Gasteiger partial charge in [-0.1, -0.05) is 28.6 Å². The van der Waals surface area contributed by atoms with E-state index in [1.807, 2.05) is 33.3 Å². The number of sulfone groups is 1. The van der Waals surface area contributed by atoms with Crippen LogP contribution in [0, 0.1) is 0 Å². The number of oxime groups is 1. The maximum Gasteiger partial charge on any atom is 0.280 e. The molecule has 1 N–H and O–H groups in total. The Balaban J connectivity index is 1.36. The number of likely N-dealkylation sites (N-methyl/N-ethyl adjacent to an activating group) is 2. The number of fused-ring (bicyclic) bond motifs is 1. The highest BCUT2D eigenvalue weighted by molar-refractivity contribution is 7.92. The molecule has 12 nitrogen and oxygen atoms in total. The maximum absolute atomic E-state index is 13.4. The van der Waals surface area contributed by atoms with Crippen LogP contribution >= 0.6 is 11.3 Å². The Kier molecular flexibility index (Phi) is 8.52. The van der Waals surface area contributed by atoms with Gasteiger partial charge in [-0.25, -0.2) is 28.4 Å². The van der Waals surface area contributed by atoms with Crippen LogP contribution in [0.1, 0.15) is 24.2 Å². The fraction of sp³-hybridized carbons (Fsp3) is 0.333. The summed E-state index contributed by atoms with van der Waals surface area (Å²) in [6.45, 7) is 1.64. The first-order valence-electron chi connectivity index (χ1n) is 13.0. The Bertz CT molecular complexity index is 1650. The van der Waals surface area contributed by atoms with Crippen LogP contribution in [0.15, 0.2) is 64.9 Å². The number of hydrogen-bond donors (Lipinski definition) is 1. The number of nitrogens with zero attached hydrogens (tertiary/aromatic N) is 7. The van der Waals surface area contributed by atoms with E-state index in [9.17, 15) is 13.2 Å². The molecule has 1 amide bonds. The Labute approximate surface area is 242 Å². The summed E-state index contributed by atoms with van der Waals surface area (Å²) in [6, 6.07) is 11.5. The van der Waals surface area contributed by atoms with E-state index in [2.05, 4.69) is 35.2 Å². The quantitative estimate of drug-likeness (QED) is 0.192. The van der Waals surface area contributed by atoms with E-state index < -0.39 is 15.7 Å². The van der Waals surface area contributed by atoms with Gasteiger partial charge in [-0.15, -0.1) is 0 Å². The fourth-order valence-electron chi connectivity index (χ4n) is 3.85. The maximum atomic E-state index is 13.4. The molecule has 214 valence electrons. The Morgan fingerprint density at radius 1 is 1.05 bits per heavy atom. The standard InChI is InChI=1S/C27H30N8O4S2/c1-34(2)15-16-35(3)23-12-11-21-26(31-23)40-27(30-21)32-25(36)24(33-39-17-22-28-13-4-14-29-22)18-5-7-19(8-6-18)41(37,38)20-9-10-20/h4-8,11-14,20H,9-10,15-17H2,1-3H3,(H,30,32,36)/b33-24+. The Morgan fingerprint density at radius 3 is 2.46 bits per heavy atom. The first-order valence-corrected chi connectivity index (χ1v) is 15.3. The van der Waals surface area contributed by atoms with Gasteiger partial charge in [0.05, 0.1) is 10.1 Å². The lowest BCUT2D eigenvalue weighted by molar-refractivity contribution is -0.110. The van der Waals surface area contributed by atoms with E-state index in [0.717, 1.165) is 18.9 Å². The third-order valence-electron chi connectivity index (χ3n) is 6.34. The lowest BCUT2D eigenvalue weighted by Crippen LogP contribution is -2.28. The average Bonchev–Trinajstić information content (AvgIpc) is 3.75. The molecule has 3 heterocycles. The summed E-state index contributed by atoms with van der Waals surface area (Å²) >= 11 is 1.24. The van der Waals surface area contributed by atoms with Gasteiger partial charge in [0.1, 0.15) is 16.2 Å². The van der Waals surface area contributed by atoms with E-state index in [1.165, 1.54) is 23.5 Å². The first-order chi connectivity index (χ1) is 19.7. The predicted molar refractivity (Wildman–Crippen MR) is 158 cm³/mol. The molecule has 1 saturated carbocycles. The van der Waals surface area contributed by atoms with Crippen molar-refractivity contribution < 1.29 is 18.0 Å². The molecule has 5 rings (SSSR count). The van der Waals surface area contributed by atoms with Gasteiger partial charge in [-0.3, -0.25) is 10.1 Å². The highest BCUT2D eigenvalue weighted by atomic mass is 32.2. The third-order valence-corrected chi connectivity index (χ3v) is 9.50. The monoisotopic (exact) mass is 594 g/mol. The molecule has 3 aromatic heterocycles. The van der Waals surface area contributed by atoms with E-state index in [-0.39, 0.29) is 22.5 Å². The SMILES string of the molecule is CN(C)CCN(C)c1ccc2nc(NC(=O)/C(=N/OCc3ncccn3)c3ccc(S(=O)(=O)C4CC4)cc3)sc2n1. The van der Waals surface area contributed by atoms with E-state index >= 15 is 0 Å². The minimum absolute atomic E-state index is 0.0485. The number of amides is 1. The molecule has 1 aliphatic carbocycles. The molecular weight excluding hydrogens is 564 g/mol. The molecule has 0 unspecified atom stereocenters. The van der Waals surface area contributed by atoms with Crippen molar-refractivity contribution in [2.24, 2.45) is 5.16 Å². The number of aromatic nitrogens is 4. The van der Waals surface area contributed by atoms with Gasteiger partial charge in [0.15, 0.2) is 33.1 Å². The van der Waals surface area contributed by atoms with Crippen molar-refractivity contribution in [3.8, 4) is 0 Å². The molecule has 41 heavy (non-hydrogen) atoms. The summed E-state index contributed by atoms with van der Waals surface area (Å²) in [5, 5.41) is 6.88. The van der Waals surface area contributed by atoms with Crippen molar-refractivity contribution in [2.75, 3.05) is 44.4 Å². The number of rotatable bonds is 12. The molecule has 0 spiro atoms. The van der Waals surface area contributed by atoms with Crippen LogP contribution in [-0.2, 0) is 26.1 Å². The van der Waals surface area contributed by atoms with Crippen LogP contribution in [0.4, 0.5) is 10.9 Å². The van der Waals surface area contributed by atoms with Crippen LogP contribution < -0.4 is 10.2 Å². The molecule has 14 heteroatoms. The van der Waals surface area contributed by atoms with Crippen molar-refractivity contribution in [1.82, 2.24) is 24.8 Å². The van der Waals surface area contributed by atoms with Gasteiger partial charge in [0, 0.05) is 38.1 Å². The molecule has 0 saturated heterocycles. The smallest absolute Gasteiger partial charge is 0.280 e. The van der Waals surface area contributed by atoms with Crippen LogP contribution in [-0.4, -0.2) is 84.4 Å². The zero-order valence-corrected chi connectivity index (χ0v) is 24.5. The predicted octanol–water partition coefficient (Wildman–Crippen LogP) is 2.97. The molecule has 1 aromatic carbocycles. The van der Waals surface area contributed by atoms with Crippen LogP contribution in [0.5, 0.6) is 0 Å². The summed E-state index contributed by atoms with van der Waals surface area (Å²) < 4.78 is 25.3. The second-order valence-electron chi connectivity index (χ2n) is 9.84. The summed E-state index contributed by atoms with van der Waals surface area (Å²) in [4.78, 5) is 41.3. The molecule has 1 aliphatic rings. The molecule has 0 radical (unpaired) electrons. The number of benzene rings is 1. The van der Waals surface area contributed by atoms with E-state index in [1.54, 1.807) is 30.6 Å². The molecule has 0 aliphatic heterocycles. The zero-order chi connectivity index (χ0) is 29.0. The zero-order valence-electron chi connectivity index (χ0n) is 22.9. The average molecular weight is 595 g/mol. The van der Waals surface area contributed by atoms with Crippen LogP contribution in [0.3, 0.4) is 0 Å². The minimum Gasteiger partial charge on any atom is -0.387 e. The van der Waals surface area contributed by atoms with Crippen LogP contribution in [0.25, 0.3) is 10.3 Å². The molecular formula is C27H30N8O4S2. The summed E-state index contributed by atoms with van der Waals surface area (Å²) in [5.74, 6) is 0.630. The van der Waals surface area contributed by atoms with Gasteiger partial charge < -0.3 is 14.6 Å². The first kappa shape index (κ1) is 28.5. The van der Waals surface area contributed by atoms with Crippen LogP contribution in [0.2, 0.25) is 0 Å². The van der Waals surface area contributed by atoms with Gasteiger partial charge in [-0.2, -0.15) is 0 Å². The number of nitrogens with one attached hydrogen (secondary N) is 1. The lowest BCUT2D eigenvalue weighted by atomic mass is 10.1. The number of hydrogen-bond acceptors (Lipinski definition) is 12. The Morgan fingerprint density at radius 2 is 1.78 bits per heavy atom. The van der Waals surface area contributed by atoms with E-state index in [0.29, 0.717) is 39.7 Å². The second-order valence-corrected chi connectivity index (χ2v) is 13.0. The van der Waals surface area contributed by atoms with Crippen molar-refractivity contribution in [3.05, 3.63) is 66.2 Å².